The molecular weight excluding hydrogens is 330 g/mol. The molecule has 7 heteroatoms. The first-order valence-electron chi connectivity index (χ1n) is 9.28. The number of nitrogens with zero attached hydrogens (tertiary/aromatic N) is 4. The van der Waals surface area contributed by atoms with Gasteiger partial charge in [0.25, 0.3) is 0 Å². The van der Waals surface area contributed by atoms with Gasteiger partial charge in [0, 0.05) is 39.1 Å². The van der Waals surface area contributed by atoms with Gasteiger partial charge in [-0.1, -0.05) is 6.08 Å². The van der Waals surface area contributed by atoms with Crippen molar-refractivity contribution in [1.82, 2.24) is 20.4 Å². The number of nitrogens with one attached hydrogen (secondary N) is 1. The summed E-state index contributed by atoms with van der Waals surface area (Å²) in [5.74, 6) is 1.19. The maximum Gasteiger partial charge on any atom is 0.225 e. The highest BCUT2D eigenvalue weighted by molar-refractivity contribution is 5.89. The molecule has 26 heavy (non-hydrogen) atoms. The van der Waals surface area contributed by atoms with Gasteiger partial charge in [-0.15, -0.1) is 11.7 Å². The summed E-state index contributed by atoms with van der Waals surface area (Å²) in [7, 11) is 0. The molecule has 2 aliphatic rings. The van der Waals surface area contributed by atoms with Crippen LogP contribution in [-0.2, 0) is 9.59 Å². The van der Waals surface area contributed by atoms with Crippen molar-refractivity contribution in [3.05, 3.63) is 30.5 Å². The average molecular weight is 357 g/mol. The molecule has 2 fully saturated rings. The van der Waals surface area contributed by atoms with Crippen LogP contribution in [0.1, 0.15) is 25.0 Å². The van der Waals surface area contributed by atoms with Crippen molar-refractivity contribution < 1.29 is 9.59 Å². The third kappa shape index (κ3) is 4.39. The molecule has 3 rings (SSSR count). The molecule has 3 heterocycles. The van der Waals surface area contributed by atoms with Gasteiger partial charge < -0.3 is 15.1 Å². The molecule has 2 saturated heterocycles. The number of carbonyl (C=O) groups is 2. The van der Waals surface area contributed by atoms with Gasteiger partial charge in [-0.05, 0) is 37.8 Å². The Morgan fingerprint density at radius 1 is 1.35 bits per heavy atom. The topological polar surface area (TPSA) is 78.4 Å². The van der Waals surface area contributed by atoms with E-state index in [2.05, 4.69) is 27.0 Å². The summed E-state index contributed by atoms with van der Waals surface area (Å²) in [6.07, 6.45) is 4.04. The van der Waals surface area contributed by atoms with E-state index in [1.54, 1.807) is 11.0 Å². The summed E-state index contributed by atoms with van der Waals surface area (Å²) < 4.78 is 0. The zero-order valence-corrected chi connectivity index (χ0v) is 15.4. The van der Waals surface area contributed by atoms with Gasteiger partial charge >= 0.3 is 0 Å². The lowest BCUT2D eigenvalue weighted by Gasteiger charge is -2.32. The lowest BCUT2D eigenvalue weighted by atomic mass is 9.96. The maximum absolute atomic E-state index is 12.4. The monoisotopic (exact) mass is 357 g/mol. The largest absolute Gasteiger partial charge is 0.356 e. The average Bonchev–Trinajstić information content (AvgIpc) is 3.02. The molecule has 140 valence electrons. The van der Waals surface area contributed by atoms with Crippen molar-refractivity contribution in [3.63, 3.8) is 0 Å². The summed E-state index contributed by atoms with van der Waals surface area (Å²) in [4.78, 5) is 28.2. The highest BCUT2D eigenvalue weighted by atomic mass is 16.2. The Hall–Kier alpha value is -2.44. The molecule has 0 spiro atoms. The van der Waals surface area contributed by atoms with Gasteiger partial charge in [-0.3, -0.25) is 9.59 Å². The Kier molecular flexibility index (Phi) is 5.85. The van der Waals surface area contributed by atoms with Gasteiger partial charge in [0.05, 0.1) is 11.6 Å². The molecule has 0 aromatic carbocycles. The normalized spacial score (nSPS) is 21.1. The van der Waals surface area contributed by atoms with Crippen LogP contribution in [-0.4, -0.2) is 59.6 Å². The molecule has 0 radical (unpaired) electrons. The lowest BCUT2D eigenvalue weighted by molar-refractivity contribution is -0.128. The van der Waals surface area contributed by atoms with Crippen molar-refractivity contribution in [3.8, 4) is 0 Å². The second-order valence-electron chi connectivity index (χ2n) is 7.20. The Bertz CT molecular complexity index is 652. The fraction of sp³-hybridized carbons (Fsp3) is 0.579. The minimum Gasteiger partial charge on any atom is -0.356 e. The van der Waals surface area contributed by atoms with E-state index >= 15 is 0 Å². The maximum atomic E-state index is 12.4. The van der Waals surface area contributed by atoms with E-state index in [0.29, 0.717) is 32.0 Å². The second kappa shape index (κ2) is 8.29. The van der Waals surface area contributed by atoms with Crippen LogP contribution in [0.4, 0.5) is 5.82 Å². The predicted octanol–water partition coefficient (Wildman–Crippen LogP) is 1.15. The molecule has 1 atom stereocenters. The van der Waals surface area contributed by atoms with Crippen molar-refractivity contribution in [1.29, 1.82) is 0 Å². The summed E-state index contributed by atoms with van der Waals surface area (Å²) >= 11 is 0. The third-order valence-electron chi connectivity index (χ3n) is 5.22. The highest BCUT2D eigenvalue weighted by Gasteiger charge is 2.33. The summed E-state index contributed by atoms with van der Waals surface area (Å²) in [5.41, 5.74) is 0.920. The van der Waals surface area contributed by atoms with Crippen LogP contribution in [0.3, 0.4) is 0 Å². The Morgan fingerprint density at radius 2 is 2.12 bits per heavy atom. The van der Waals surface area contributed by atoms with Crippen LogP contribution >= 0.6 is 0 Å². The number of rotatable bonds is 6. The number of hydrogen-bond acceptors (Lipinski definition) is 5. The molecule has 0 unspecified atom stereocenters. The fourth-order valence-corrected chi connectivity index (χ4v) is 3.60. The molecule has 0 aliphatic carbocycles. The zero-order valence-electron chi connectivity index (χ0n) is 15.4. The van der Waals surface area contributed by atoms with E-state index in [-0.39, 0.29) is 17.7 Å². The first kappa shape index (κ1) is 18.4. The van der Waals surface area contributed by atoms with E-state index in [1.807, 2.05) is 19.1 Å². The number of aromatic nitrogens is 2. The van der Waals surface area contributed by atoms with Crippen LogP contribution in [0.25, 0.3) is 0 Å². The standard InChI is InChI=1S/C19H27N5O2/c1-3-8-24-13-16(11-18(24)25)19(26)20-12-15-6-9-23(10-7-15)17-5-4-14(2)21-22-17/h3-5,15-16H,1,6-13H2,2H3,(H,20,26)/t16-/m0/s1. The number of carbonyl (C=O) groups excluding carboxylic acids is 2. The Labute approximate surface area is 154 Å². The van der Waals surface area contributed by atoms with Gasteiger partial charge in [0.2, 0.25) is 11.8 Å². The van der Waals surface area contributed by atoms with Crippen molar-refractivity contribution >= 4 is 17.6 Å². The molecule has 0 bridgehead atoms. The molecule has 1 N–H and O–H groups in total. The van der Waals surface area contributed by atoms with Crippen LogP contribution in [0.2, 0.25) is 0 Å². The zero-order chi connectivity index (χ0) is 18.5. The number of likely N-dealkylation sites (tertiary alicyclic amines) is 1. The van der Waals surface area contributed by atoms with Gasteiger partial charge in [0.15, 0.2) is 5.82 Å². The van der Waals surface area contributed by atoms with E-state index in [4.69, 9.17) is 0 Å². The Morgan fingerprint density at radius 3 is 2.77 bits per heavy atom. The van der Waals surface area contributed by atoms with E-state index in [0.717, 1.165) is 37.4 Å². The van der Waals surface area contributed by atoms with Gasteiger partial charge in [-0.2, -0.15) is 5.10 Å². The molecule has 2 amide bonds. The van der Waals surface area contributed by atoms with Gasteiger partial charge in [0.1, 0.15) is 0 Å². The van der Waals surface area contributed by atoms with E-state index in [9.17, 15) is 9.59 Å². The quantitative estimate of drug-likeness (QED) is 0.773. The molecule has 1 aromatic heterocycles. The van der Waals surface area contributed by atoms with Crippen LogP contribution < -0.4 is 10.2 Å². The predicted molar refractivity (Wildman–Crippen MR) is 99.6 cm³/mol. The summed E-state index contributed by atoms with van der Waals surface area (Å²) in [6.45, 7) is 9.13. The summed E-state index contributed by atoms with van der Waals surface area (Å²) in [5, 5.41) is 11.4. The second-order valence-corrected chi connectivity index (χ2v) is 7.20. The number of amides is 2. The number of aryl methyl sites for hydroxylation is 1. The third-order valence-corrected chi connectivity index (χ3v) is 5.22. The minimum atomic E-state index is -0.231. The highest BCUT2D eigenvalue weighted by Crippen LogP contribution is 2.22. The van der Waals surface area contributed by atoms with Crippen molar-refractivity contribution in [2.75, 3.05) is 37.6 Å². The first-order chi connectivity index (χ1) is 12.6. The smallest absolute Gasteiger partial charge is 0.225 e. The minimum absolute atomic E-state index is 0.00302. The molecule has 0 saturated carbocycles. The molecular formula is C19H27N5O2. The number of hydrogen-bond donors (Lipinski definition) is 1. The molecule has 2 aliphatic heterocycles. The summed E-state index contributed by atoms with van der Waals surface area (Å²) in [6, 6.07) is 3.99. The fourth-order valence-electron chi connectivity index (χ4n) is 3.60. The van der Waals surface area contributed by atoms with Crippen molar-refractivity contribution in [2.24, 2.45) is 11.8 Å². The van der Waals surface area contributed by atoms with Crippen molar-refractivity contribution in [2.45, 2.75) is 26.2 Å². The van der Waals surface area contributed by atoms with E-state index < -0.39 is 0 Å². The Balaban J connectivity index is 1.41. The molecule has 7 nitrogen and oxygen atoms in total. The lowest BCUT2D eigenvalue weighted by Crippen LogP contribution is -2.41. The molecule has 1 aromatic rings. The number of piperidine rings is 1. The van der Waals surface area contributed by atoms with Crippen LogP contribution in [0, 0.1) is 18.8 Å². The first-order valence-corrected chi connectivity index (χ1v) is 9.28. The van der Waals surface area contributed by atoms with Gasteiger partial charge in [-0.25, -0.2) is 0 Å². The van der Waals surface area contributed by atoms with Crippen LogP contribution in [0.15, 0.2) is 24.8 Å². The van der Waals surface area contributed by atoms with Crippen LogP contribution in [0.5, 0.6) is 0 Å². The SMILES string of the molecule is C=CCN1C[C@@H](C(=O)NCC2CCN(c3ccc(C)nn3)CC2)CC1=O. The van der Waals surface area contributed by atoms with E-state index in [1.165, 1.54) is 0 Å². The number of anilines is 1.